The highest BCUT2D eigenvalue weighted by molar-refractivity contribution is 5.98. The molecule has 1 heterocycles. The molecule has 0 spiro atoms. The van der Waals surface area contributed by atoms with Gasteiger partial charge in [-0.05, 0) is 37.8 Å². The molecule has 3 heteroatoms. The fraction of sp³-hybridized carbons (Fsp3) is 0.400. The lowest BCUT2D eigenvalue weighted by atomic mass is 10.1. The highest BCUT2D eigenvalue weighted by Gasteiger charge is 2.24. The Kier molecular flexibility index (Phi) is 2.82. The smallest absolute Gasteiger partial charge is 0.0951 e. The second-order valence-corrected chi connectivity index (χ2v) is 5.06. The minimum Gasteiger partial charge on any atom is -0.397 e. The Labute approximate surface area is 108 Å². The summed E-state index contributed by atoms with van der Waals surface area (Å²) < 4.78 is 0. The average Bonchev–Trinajstić information content (AvgIpc) is 3.20. The number of para-hydroxylation sites is 1. The summed E-state index contributed by atoms with van der Waals surface area (Å²) in [5, 5.41) is 1.17. The van der Waals surface area contributed by atoms with Crippen molar-refractivity contribution in [3.8, 4) is 0 Å². The molecule has 1 aromatic carbocycles. The van der Waals surface area contributed by atoms with Crippen molar-refractivity contribution in [2.45, 2.75) is 19.8 Å². The van der Waals surface area contributed by atoms with Crippen molar-refractivity contribution < 1.29 is 0 Å². The van der Waals surface area contributed by atoms with E-state index < -0.39 is 0 Å². The summed E-state index contributed by atoms with van der Waals surface area (Å²) in [7, 11) is 0. The molecule has 0 radical (unpaired) electrons. The molecule has 0 amide bonds. The van der Waals surface area contributed by atoms with E-state index in [-0.39, 0.29) is 0 Å². The summed E-state index contributed by atoms with van der Waals surface area (Å²) in [5.74, 6) is 0.884. The summed E-state index contributed by atoms with van der Waals surface area (Å²) in [5.41, 5.74) is 8.95. The van der Waals surface area contributed by atoms with E-state index >= 15 is 0 Å². The zero-order valence-electron chi connectivity index (χ0n) is 10.8. The SMILES string of the molecule is CCN(CC1CC1)c1ccnc2c(N)cccc12. The maximum Gasteiger partial charge on any atom is 0.0951 e. The maximum atomic E-state index is 6.00. The van der Waals surface area contributed by atoms with Crippen LogP contribution >= 0.6 is 0 Å². The van der Waals surface area contributed by atoms with Crippen LogP contribution in [-0.4, -0.2) is 18.1 Å². The maximum absolute atomic E-state index is 6.00. The summed E-state index contributed by atoms with van der Waals surface area (Å²) in [6.45, 7) is 4.40. The molecule has 1 aliphatic rings. The van der Waals surface area contributed by atoms with E-state index in [1.54, 1.807) is 0 Å². The van der Waals surface area contributed by atoms with Crippen LogP contribution < -0.4 is 10.6 Å². The molecule has 0 unspecified atom stereocenters. The van der Waals surface area contributed by atoms with E-state index in [1.807, 2.05) is 18.3 Å². The van der Waals surface area contributed by atoms with Crippen LogP contribution in [0.5, 0.6) is 0 Å². The lowest BCUT2D eigenvalue weighted by Gasteiger charge is -2.24. The molecule has 3 rings (SSSR count). The van der Waals surface area contributed by atoms with Gasteiger partial charge in [0.15, 0.2) is 0 Å². The number of nitrogens with two attached hydrogens (primary N) is 1. The van der Waals surface area contributed by atoms with Crippen LogP contribution in [0, 0.1) is 5.92 Å². The van der Waals surface area contributed by atoms with Gasteiger partial charge in [0.1, 0.15) is 0 Å². The van der Waals surface area contributed by atoms with E-state index in [4.69, 9.17) is 5.73 Å². The first-order valence-corrected chi connectivity index (χ1v) is 6.67. The molecule has 18 heavy (non-hydrogen) atoms. The molecule has 0 atom stereocenters. The predicted octanol–water partition coefficient (Wildman–Crippen LogP) is 3.05. The fourth-order valence-electron chi connectivity index (χ4n) is 2.47. The van der Waals surface area contributed by atoms with E-state index in [9.17, 15) is 0 Å². The molecule has 94 valence electrons. The van der Waals surface area contributed by atoms with Crippen LogP contribution in [0.3, 0.4) is 0 Å². The van der Waals surface area contributed by atoms with Crippen molar-refractivity contribution in [3.05, 3.63) is 30.5 Å². The van der Waals surface area contributed by atoms with E-state index in [2.05, 4.69) is 28.9 Å². The second kappa shape index (κ2) is 4.48. The Bertz CT molecular complexity index is 561. The van der Waals surface area contributed by atoms with Crippen molar-refractivity contribution in [1.82, 2.24) is 4.98 Å². The summed E-state index contributed by atoms with van der Waals surface area (Å²) in [6.07, 6.45) is 4.62. The molecule has 1 fully saturated rings. The van der Waals surface area contributed by atoms with Crippen LogP contribution in [-0.2, 0) is 0 Å². The predicted molar refractivity (Wildman–Crippen MR) is 76.8 cm³/mol. The van der Waals surface area contributed by atoms with Crippen molar-refractivity contribution in [3.63, 3.8) is 0 Å². The van der Waals surface area contributed by atoms with E-state index in [0.717, 1.165) is 30.2 Å². The van der Waals surface area contributed by atoms with Gasteiger partial charge in [-0.15, -0.1) is 0 Å². The minimum absolute atomic E-state index is 0.761. The summed E-state index contributed by atoms with van der Waals surface area (Å²) in [4.78, 5) is 6.85. The van der Waals surface area contributed by atoms with Gasteiger partial charge in [-0.3, -0.25) is 4.98 Å². The third-order valence-corrected chi connectivity index (χ3v) is 3.68. The lowest BCUT2D eigenvalue weighted by molar-refractivity contribution is 0.744. The van der Waals surface area contributed by atoms with Gasteiger partial charge in [-0.1, -0.05) is 12.1 Å². The van der Waals surface area contributed by atoms with Gasteiger partial charge >= 0.3 is 0 Å². The number of nitrogen functional groups attached to an aromatic ring is 1. The van der Waals surface area contributed by atoms with Gasteiger partial charge < -0.3 is 10.6 Å². The quantitative estimate of drug-likeness (QED) is 0.836. The topological polar surface area (TPSA) is 42.2 Å². The molecule has 0 aliphatic heterocycles. The lowest BCUT2D eigenvalue weighted by Crippen LogP contribution is -2.25. The average molecular weight is 241 g/mol. The highest BCUT2D eigenvalue weighted by atomic mass is 15.1. The van der Waals surface area contributed by atoms with E-state index in [1.165, 1.54) is 23.9 Å². The Hall–Kier alpha value is -1.77. The van der Waals surface area contributed by atoms with Crippen LogP contribution in [0.1, 0.15) is 19.8 Å². The van der Waals surface area contributed by atoms with E-state index in [0.29, 0.717) is 0 Å². The number of pyridine rings is 1. The summed E-state index contributed by atoms with van der Waals surface area (Å²) in [6, 6.07) is 8.14. The molecule has 2 N–H and O–H groups in total. The monoisotopic (exact) mass is 241 g/mol. The first-order valence-electron chi connectivity index (χ1n) is 6.67. The van der Waals surface area contributed by atoms with Crippen LogP contribution in [0.15, 0.2) is 30.5 Å². The second-order valence-electron chi connectivity index (χ2n) is 5.06. The number of benzene rings is 1. The highest BCUT2D eigenvalue weighted by Crippen LogP contribution is 2.34. The number of hydrogen-bond acceptors (Lipinski definition) is 3. The largest absolute Gasteiger partial charge is 0.397 e. The fourth-order valence-corrected chi connectivity index (χ4v) is 2.47. The van der Waals surface area contributed by atoms with Gasteiger partial charge in [0.2, 0.25) is 0 Å². The van der Waals surface area contributed by atoms with Crippen molar-refractivity contribution in [2.75, 3.05) is 23.7 Å². The van der Waals surface area contributed by atoms with Crippen molar-refractivity contribution in [1.29, 1.82) is 0 Å². The third kappa shape index (κ3) is 2.01. The molecular weight excluding hydrogens is 222 g/mol. The molecule has 2 aromatic rings. The van der Waals surface area contributed by atoms with Gasteiger partial charge in [0.25, 0.3) is 0 Å². The minimum atomic E-state index is 0.761. The Morgan fingerprint density at radius 2 is 2.17 bits per heavy atom. The molecule has 0 bridgehead atoms. The van der Waals surface area contributed by atoms with Crippen LogP contribution in [0.2, 0.25) is 0 Å². The van der Waals surface area contributed by atoms with Crippen LogP contribution in [0.25, 0.3) is 10.9 Å². The normalized spacial score (nSPS) is 14.9. The van der Waals surface area contributed by atoms with Gasteiger partial charge in [-0.25, -0.2) is 0 Å². The molecule has 1 saturated carbocycles. The number of rotatable bonds is 4. The van der Waals surface area contributed by atoms with Crippen molar-refractivity contribution >= 4 is 22.3 Å². The number of nitrogens with zero attached hydrogens (tertiary/aromatic N) is 2. The number of hydrogen-bond donors (Lipinski definition) is 1. The van der Waals surface area contributed by atoms with Crippen LogP contribution in [0.4, 0.5) is 11.4 Å². The first-order chi connectivity index (χ1) is 8.79. The van der Waals surface area contributed by atoms with Gasteiger partial charge in [0, 0.05) is 30.4 Å². The molecule has 0 saturated heterocycles. The van der Waals surface area contributed by atoms with Gasteiger partial charge in [-0.2, -0.15) is 0 Å². The Morgan fingerprint density at radius 3 is 2.89 bits per heavy atom. The molecule has 1 aromatic heterocycles. The number of aromatic nitrogens is 1. The number of anilines is 2. The first kappa shape index (κ1) is 11.3. The standard InChI is InChI=1S/C15H19N3/c1-2-18(10-11-6-7-11)14-8-9-17-15-12(14)4-3-5-13(15)16/h3-5,8-9,11H,2,6-7,10,16H2,1H3. The Balaban J connectivity index is 2.06. The van der Waals surface area contributed by atoms with Gasteiger partial charge in [0.05, 0.1) is 11.2 Å². The third-order valence-electron chi connectivity index (χ3n) is 3.68. The molecule has 3 nitrogen and oxygen atoms in total. The van der Waals surface area contributed by atoms with Crippen molar-refractivity contribution in [2.24, 2.45) is 5.92 Å². The number of fused-ring (bicyclic) bond motifs is 1. The zero-order chi connectivity index (χ0) is 12.5. The Morgan fingerprint density at radius 1 is 1.33 bits per heavy atom. The molecular formula is C15H19N3. The zero-order valence-corrected chi connectivity index (χ0v) is 10.8. The molecule has 1 aliphatic carbocycles. The summed E-state index contributed by atoms with van der Waals surface area (Å²) >= 11 is 0.